The predicted molar refractivity (Wildman–Crippen MR) is 84.2 cm³/mol. The lowest BCUT2D eigenvalue weighted by Crippen LogP contribution is -1.98. The number of hydrogen-bond acceptors (Lipinski definition) is 2. The second-order valence-electron chi connectivity index (χ2n) is 3.69. The Balaban J connectivity index is 2.12. The second-order valence-corrected chi connectivity index (χ2v) is 5.79. The van der Waals surface area contributed by atoms with Gasteiger partial charge in [0.15, 0.2) is 11.5 Å². The fourth-order valence-corrected chi connectivity index (χ4v) is 2.35. The second kappa shape index (κ2) is 6.43. The molecule has 0 bridgehead atoms. The van der Waals surface area contributed by atoms with E-state index in [2.05, 4.69) is 62.8 Å². The fraction of sp³-hybridized carbons (Fsp3) is 0.143. The predicted octanol–water partition coefficient (Wildman–Crippen LogP) is 4.64. The summed E-state index contributed by atoms with van der Waals surface area (Å²) in [5.74, 6) is 1.47. The number of ether oxygens (including phenoxy) is 2. The Hall–Kier alpha value is -0.750. The van der Waals surface area contributed by atoms with Gasteiger partial charge in [0.05, 0.1) is 11.6 Å². The highest BCUT2D eigenvalue weighted by atomic mass is 127. The smallest absolute Gasteiger partial charge is 0.175 e. The van der Waals surface area contributed by atoms with E-state index < -0.39 is 0 Å². The standard InChI is InChI=1S/C14H12BrIO2/c1-17-13-4-2-3-12(15)14(13)18-9-10-5-7-11(16)8-6-10/h2-8H,9H2,1H3. The van der Waals surface area contributed by atoms with Crippen LogP contribution in [0.2, 0.25) is 0 Å². The van der Waals surface area contributed by atoms with Crippen LogP contribution in [-0.2, 0) is 6.61 Å². The number of hydrogen-bond donors (Lipinski definition) is 0. The molecule has 0 unspecified atom stereocenters. The molecule has 0 atom stereocenters. The Morgan fingerprint density at radius 3 is 2.50 bits per heavy atom. The van der Waals surface area contributed by atoms with Crippen LogP contribution in [-0.4, -0.2) is 7.11 Å². The number of benzene rings is 2. The molecule has 0 spiro atoms. The van der Waals surface area contributed by atoms with Gasteiger partial charge in [0, 0.05) is 3.57 Å². The average Bonchev–Trinajstić information content (AvgIpc) is 2.39. The molecule has 0 aromatic heterocycles. The highest BCUT2D eigenvalue weighted by molar-refractivity contribution is 14.1. The van der Waals surface area contributed by atoms with Crippen LogP contribution in [0.5, 0.6) is 11.5 Å². The van der Waals surface area contributed by atoms with Gasteiger partial charge in [0.1, 0.15) is 6.61 Å². The Morgan fingerprint density at radius 2 is 1.83 bits per heavy atom. The maximum absolute atomic E-state index is 5.81. The van der Waals surface area contributed by atoms with Crippen molar-refractivity contribution in [2.75, 3.05) is 7.11 Å². The molecular formula is C14H12BrIO2. The quantitative estimate of drug-likeness (QED) is 0.673. The maximum atomic E-state index is 5.81. The Kier molecular flexibility index (Phi) is 4.88. The van der Waals surface area contributed by atoms with E-state index in [4.69, 9.17) is 9.47 Å². The van der Waals surface area contributed by atoms with Crippen molar-refractivity contribution in [2.24, 2.45) is 0 Å². The first kappa shape index (κ1) is 13.7. The minimum Gasteiger partial charge on any atom is -0.493 e. The molecule has 0 aliphatic rings. The van der Waals surface area contributed by atoms with Gasteiger partial charge in [-0.2, -0.15) is 0 Å². The summed E-state index contributed by atoms with van der Waals surface area (Å²) in [5, 5.41) is 0. The van der Waals surface area contributed by atoms with E-state index in [1.54, 1.807) is 7.11 Å². The van der Waals surface area contributed by atoms with E-state index >= 15 is 0 Å². The first-order valence-electron chi connectivity index (χ1n) is 5.40. The van der Waals surface area contributed by atoms with Crippen LogP contribution in [0.1, 0.15) is 5.56 Å². The molecule has 0 aliphatic heterocycles. The zero-order valence-electron chi connectivity index (χ0n) is 9.82. The van der Waals surface area contributed by atoms with Crippen LogP contribution in [0.25, 0.3) is 0 Å². The van der Waals surface area contributed by atoms with Crippen molar-refractivity contribution in [1.29, 1.82) is 0 Å². The zero-order valence-corrected chi connectivity index (χ0v) is 13.6. The number of para-hydroxylation sites is 1. The molecule has 94 valence electrons. The molecule has 2 aromatic carbocycles. The lowest BCUT2D eigenvalue weighted by molar-refractivity contribution is 0.282. The lowest BCUT2D eigenvalue weighted by Gasteiger charge is -2.12. The van der Waals surface area contributed by atoms with Gasteiger partial charge in [-0.05, 0) is 68.3 Å². The molecule has 4 heteroatoms. The van der Waals surface area contributed by atoms with Crippen LogP contribution in [0.15, 0.2) is 46.9 Å². The Labute approximate surface area is 129 Å². The Bertz CT molecular complexity index is 526. The molecule has 2 aromatic rings. The van der Waals surface area contributed by atoms with Gasteiger partial charge in [0.2, 0.25) is 0 Å². The van der Waals surface area contributed by atoms with E-state index in [-0.39, 0.29) is 0 Å². The van der Waals surface area contributed by atoms with Gasteiger partial charge >= 0.3 is 0 Å². The minimum absolute atomic E-state index is 0.524. The number of methoxy groups -OCH3 is 1. The summed E-state index contributed by atoms with van der Waals surface area (Å²) in [6.07, 6.45) is 0. The van der Waals surface area contributed by atoms with Crippen LogP contribution >= 0.6 is 38.5 Å². The summed E-state index contributed by atoms with van der Waals surface area (Å²) in [4.78, 5) is 0. The zero-order chi connectivity index (χ0) is 13.0. The van der Waals surface area contributed by atoms with E-state index in [0.29, 0.717) is 6.61 Å². The van der Waals surface area contributed by atoms with E-state index in [1.165, 1.54) is 3.57 Å². The molecule has 0 amide bonds. The summed E-state index contributed by atoms with van der Waals surface area (Å²) >= 11 is 5.75. The number of halogens is 2. The van der Waals surface area contributed by atoms with Crippen LogP contribution in [0, 0.1) is 3.57 Å². The molecule has 0 saturated carbocycles. The summed E-state index contributed by atoms with van der Waals surface area (Å²) in [6.45, 7) is 0.524. The molecule has 0 aliphatic carbocycles. The molecule has 0 heterocycles. The van der Waals surface area contributed by atoms with Crippen molar-refractivity contribution < 1.29 is 9.47 Å². The Morgan fingerprint density at radius 1 is 1.11 bits per heavy atom. The third-order valence-electron chi connectivity index (χ3n) is 2.45. The van der Waals surface area contributed by atoms with Crippen molar-refractivity contribution in [2.45, 2.75) is 6.61 Å². The molecule has 0 saturated heterocycles. The van der Waals surface area contributed by atoms with Crippen LogP contribution < -0.4 is 9.47 Å². The molecule has 0 radical (unpaired) electrons. The van der Waals surface area contributed by atoms with Crippen molar-refractivity contribution >= 4 is 38.5 Å². The first-order valence-corrected chi connectivity index (χ1v) is 7.27. The van der Waals surface area contributed by atoms with Gasteiger partial charge in [-0.25, -0.2) is 0 Å². The van der Waals surface area contributed by atoms with Crippen LogP contribution in [0.3, 0.4) is 0 Å². The topological polar surface area (TPSA) is 18.5 Å². The van der Waals surface area contributed by atoms with Gasteiger partial charge in [0.25, 0.3) is 0 Å². The van der Waals surface area contributed by atoms with Gasteiger partial charge in [-0.15, -0.1) is 0 Å². The summed E-state index contributed by atoms with van der Waals surface area (Å²) < 4.78 is 13.2. The van der Waals surface area contributed by atoms with Crippen molar-refractivity contribution in [3.05, 3.63) is 56.1 Å². The van der Waals surface area contributed by atoms with Crippen molar-refractivity contribution in [1.82, 2.24) is 0 Å². The van der Waals surface area contributed by atoms with E-state index in [1.807, 2.05) is 18.2 Å². The highest BCUT2D eigenvalue weighted by Gasteiger charge is 2.08. The van der Waals surface area contributed by atoms with E-state index in [0.717, 1.165) is 21.5 Å². The molecule has 0 fully saturated rings. The number of rotatable bonds is 4. The minimum atomic E-state index is 0.524. The van der Waals surface area contributed by atoms with Gasteiger partial charge < -0.3 is 9.47 Å². The summed E-state index contributed by atoms with van der Waals surface area (Å²) in [6, 6.07) is 14.0. The molecule has 18 heavy (non-hydrogen) atoms. The van der Waals surface area contributed by atoms with Gasteiger partial charge in [-0.3, -0.25) is 0 Å². The molecule has 2 rings (SSSR count). The normalized spacial score (nSPS) is 10.2. The van der Waals surface area contributed by atoms with Crippen molar-refractivity contribution in [3.63, 3.8) is 0 Å². The largest absolute Gasteiger partial charge is 0.493 e. The first-order chi connectivity index (χ1) is 8.70. The summed E-state index contributed by atoms with van der Waals surface area (Å²) in [7, 11) is 1.64. The molecular weight excluding hydrogens is 407 g/mol. The maximum Gasteiger partial charge on any atom is 0.175 e. The summed E-state index contributed by atoms with van der Waals surface area (Å²) in [5.41, 5.74) is 1.13. The monoisotopic (exact) mass is 418 g/mol. The third-order valence-corrected chi connectivity index (χ3v) is 3.79. The SMILES string of the molecule is COc1cccc(Br)c1OCc1ccc(I)cc1. The van der Waals surface area contributed by atoms with Crippen LogP contribution in [0.4, 0.5) is 0 Å². The van der Waals surface area contributed by atoms with Gasteiger partial charge in [-0.1, -0.05) is 18.2 Å². The highest BCUT2D eigenvalue weighted by Crippen LogP contribution is 2.35. The van der Waals surface area contributed by atoms with Crippen molar-refractivity contribution in [3.8, 4) is 11.5 Å². The van der Waals surface area contributed by atoms with E-state index in [9.17, 15) is 0 Å². The average molecular weight is 419 g/mol. The molecule has 0 N–H and O–H groups in total. The molecule has 2 nitrogen and oxygen atoms in total. The fourth-order valence-electron chi connectivity index (χ4n) is 1.53. The third kappa shape index (κ3) is 3.38. The lowest BCUT2D eigenvalue weighted by atomic mass is 10.2.